The molecular weight excluding hydrogens is 356 g/mol. The van der Waals surface area contributed by atoms with Crippen LogP contribution in [-0.2, 0) is 25.7 Å². The molecule has 0 aliphatic rings. The van der Waals surface area contributed by atoms with Crippen molar-refractivity contribution < 1.29 is 23.8 Å². The monoisotopic (exact) mass is 392 g/mol. The van der Waals surface area contributed by atoms with E-state index in [0.717, 1.165) is 69.1 Å². The number of benzene rings is 1. The number of unbranched alkanes of at least 4 members (excludes halogenated alkanes) is 7. The molecule has 0 aliphatic carbocycles. The van der Waals surface area contributed by atoms with Crippen molar-refractivity contribution in [1.82, 2.24) is 0 Å². The molecule has 0 aromatic heterocycles. The average Bonchev–Trinajstić information content (AvgIpc) is 2.71. The summed E-state index contributed by atoms with van der Waals surface area (Å²) in [6.45, 7) is 2.93. The Morgan fingerprint density at radius 2 is 1.39 bits per heavy atom. The van der Waals surface area contributed by atoms with E-state index in [1.165, 1.54) is 0 Å². The highest BCUT2D eigenvalue weighted by molar-refractivity contribution is 5.69. The van der Waals surface area contributed by atoms with Crippen molar-refractivity contribution in [1.29, 1.82) is 0 Å². The summed E-state index contributed by atoms with van der Waals surface area (Å²) < 4.78 is 15.8. The summed E-state index contributed by atoms with van der Waals surface area (Å²) in [6, 6.07) is 7.54. The number of rotatable bonds is 16. The van der Waals surface area contributed by atoms with Crippen LogP contribution < -0.4 is 4.74 Å². The molecule has 0 N–H and O–H groups in total. The molecule has 0 amide bonds. The van der Waals surface area contributed by atoms with Crippen LogP contribution in [0.5, 0.6) is 5.75 Å². The average molecular weight is 393 g/mol. The molecule has 158 valence electrons. The molecule has 0 radical (unpaired) electrons. The molecule has 1 aromatic rings. The highest BCUT2D eigenvalue weighted by Gasteiger charge is 2.07. The highest BCUT2D eigenvalue weighted by Crippen LogP contribution is 2.18. The Kier molecular flexibility index (Phi) is 13.7. The molecule has 0 aliphatic heterocycles. The Morgan fingerprint density at radius 3 is 2.04 bits per heavy atom. The minimum Gasteiger partial charge on any atom is -0.496 e. The molecule has 0 atom stereocenters. The molecule has 0 bridgehead atoms. The van der Waals surface area contributed by atoms with Gasteiger partial charge in [0, 0.05) is 18.4 Å². The number of para-hydroxylation sites is 1. The van der Waals surface area contributed by atoms with E-state index in [2.05, 4.69) is 6.92 Å². The molecule has 1 rings (SSSR count). The molecule has 5 nitrogen and oxygen atoms in total. The molecule has 0 saturated carbocycles. The van der Waals surface area contributed by atoms with Gasteiger partial charge in [-0.15, -0.1) is 0 Å². The molecule has 0 spiro atoms. The normalized spacial score (nSPS) is 10.5. The van der Waals surface area contributed by atoms with Crippen LogP contribution in [0.15, 0.2) is 24.3 Å². The van der Waals surface area contributed by atoms with Crippen LogP contribution in [0.3, 0.4) is 0 Å². The smallest absolute Gasteiger partial charge is 0.306 e. The van der Waals surface area contributed by atoms with E-state index >= 15 is 0 Å². The second-order valence-corrected chi connectivity index (χ2v) is 7.02. The predicted octanol–water partition coefficient (Wildman–Crippen LogP) is 5.59. The van der Waals surface area contributed by atoms with E-state index in [9.17, 15) is 9.59 Å². The Labute approximate surface area is 169 Å². The zero-order chi connectivity index (χ0) is 20.5. The summed E-state index contributed by atoms with van der Waals surface area (Å²) in [7, 11) is 1.61. The fourth-order valence-corrected chi connectivity index (χ4v) is 2.91. The van der Waals surface area contributed by atoms with Crippen molar-refractivity contribution in [2.24, 2.45) is 0 Å². The van der Waals surface area contributed by atoms with Gasteiger partial charge in [-0.25, -0.2) is 0 Å². The third kappa shape index (κ3) is 11.6. The van der Waals surface area contributed by atoms with Crippen LogP contribution in [0.1, 0.15) is 83.1 Å². The minimum atomic E-state index is -0.170. The molecule has 0 heterocycles. The second kappa shape index (κ2) is 16.0. The number of ether oxygens (including phenoxy) is 3. The topological polar surface area (TPSA) is 61.8 Å². The van der Waals surface area contributed by atoms with Gasteiger partial charge >= 0.3 is 11.9 Å². The Bertz CT molecular complexity index is 556. The first-order valence-electron chi connectivity index (χ1n) is 10.6. The number of esters is 2. The van der Waals surface area contributed by atoms with Crippen molar-refractivity contribution in [2.75, 3.05) is 13.7 Å². The summed E-state index contributed by atoms with van der Waals surface area (Å²) in [4.78, 5) is 23.4. The first-order chi connectivity index (χ1) is 13.7. The molecule has 1 aromatic carbocycles. The summed E-state index contributed by atoms with van der Waals surface area (Å²) in [6.07, 6.45) is 10.1. The van der Waals surface area contributed by atoms with E-state index in [-0.39, 0.29) is 18.5 Å². The fourth-order valence-electron chi connectivity index (χ4n) is 2.91. The Morgan fingerprint density at radius 1 is 0.786 bits per heavy atom. The predicted molar refractivity (Wildman–Crippen MR) is 110 cm³/mol. The summed E-state index contributed by atoms with van der Waals surface area (Å²) in [5, 5.41) is 0. The van der Waals surface area contributed by atoms with Crippen LogP contribution in [0, 0.1) is 0 Å². The van der Waals surface area contributed by atoms with Crippen molar-refractivity contribution in [3.05, 3.63) is 29.8 Å². The van der Waals surface area contributed by atoms with Gasteiger partial charge in [0.15, 0.2) is 0 Å². The van der Waals surface area contributed by atoms with Crippen LogP contribution in [-0.4, -0.2) is 25.7 Å². The van der Waals surface area contributed by atoms with E-state index < -0.39 is 0 Å². The Balaban J connectivity index is 1.95. The SMILES string of the molecule is CCCCCOC(=O)CCCCCCCCC(=O)OCc1ccccc1OC. The van der Waals surface area contributed by atoms with E-state index in [0.29, 0.717) is 19.4 Å². The van der Waals surface area contributed by atoms with Crippen molar-refractivity contribution in [3.63, 3.8) is 0 Å². The summed E-state index contributed by atoms with van der Waals surface area (Å²) in [5.74, 6) is 0.491. The van der Waals surface area contributed by atoms with Crippen molar-refractivity contribution in [3.8, 4) is 5.75 Å². The largest absolute Gasteiger partial charge is 0.496 e. The number of carbonyl (C=O) groups excluding carboxylic acids is 2. The maximum atomic E-state index is 11.8. The fraction of sp³-hybridized carbons (Fsp3) is 0.652. The first kappa shape index (κ1) is 24.0. The zero-order valence-corrected chi connectivity index (χ0v) is 17.5. The maximum Gasteiger partial charge on any atom is 0.306 e. The standard InChI is InChI=1S/C23H36O5/c1-3-4-13-18-27-22(24)16-9-7-5-6-8-10-17-23(25)28-19-20-14-11-12-15-21(20)26-2/h11-12,14-15H,3-10,13,16-19H2,1-2H3. The lowest BCUT2D eigenvalue weighted by Crippen LogP contribution is -2.05. The maximum absolute atomic E-state index is 11.8. The van der Waals surface area contributed by atoms with Gasteiger partial charge in [-0.1, -0.05) is 63.6 Å². The number of methoxy groups -OCH3 is 1. The molecule has 28 heavy (non-hydrogen) atoms. The molecule has 5 heteroatoms. The number of hydrogen-bond acceptors (Lipinski definition) is 5. The lowest BCUT2D eigenvalue weighted by Gasteiger charge is -2.09. The van der Waals surface area contributed by atoms with Gasteiger partial charge in [-0.05, 0) is 25.3 Å². The Hall–Kier alpha value is -2.04. The lowest BCUT2D eigenvalue weighted by atomic mass is 10.1. The third-order valence-electron chi connectivity index (χ3n) is 4.60. The highest BCUT2D eigenvalue weighted by atomic mass is 16.5. The van der Waals surface area contributed by atoms with Gasteiger partial charge < -0.3 is 14.2 Å². The van der Waals surface area contributed by atoms with E-state index in [1.807, 2.05) is 24.3 Å². The van der Waals surface area contributed by atoms with Crippen LogP contribution in [0.2, 0.25) is 0 Å². The van der Waals surface area contributed by atoms with Crippen molar-refractivity contribution in [2.45, 2.75) is 84.2 Å². The van der Waals surface area contributed by atoms with Crippen molar-refractivity contribution >= 4 is 11.9 Å². The van der Waals surface area contributed by atoms with E-state index in [4.69, 9.17) is 14.2 Å². The number of carbonyl (C=O) groups is 2. The van der Waals surface area contributed by atoms with Crippen LogP contribution >= 0.6 is 0 Å². The summed E-state index contributed by atoms with van der Waals surface area (Å²) in [5.41, 5.74) is 0.877. The van der Waals surface area contributed by atoms with E-state index in [1.54, 1.807) is 7.11 Å². The second-order valence-electron chi connectivity index (χ2n) is 7.02. The molecule has 0 saturated heterocycles. The number of hydrogen-bond donors (Lipinski definition) is 0. The van der Waals surface area contributed by atoms with Gasteiger partial charge in [-0.2, -0.15) is 0 Å². The third-order valence-corrected chi connectivity index (χ3v) is 4.60. The first-order valence-corrected chi connectivity index (χ1v) is 10.6. The van der Waals surface area contributed by atoms with Gasteiger partial charge in [0.25, 0.3) is 0 Å². The minimum absolute atomic E-state index is 0.0751. The van der Waals surface area contributed by atoms with Gasteiger partial charge in [0.2, 0.25) is 0 Å². The van der Waals surface area contributed by atoms with Gasteiger partial charge in [-0.3, -0.25) is 9.59 Å². The quantitative estimate of drug-likeness (QED) is 0.271. The molecule has 0 unspecified atom stereocenters. The zero-order valence-electron chi connectivity index (χ0n) is 17.5. The lowest BCUT2D eigenvalue weighted by molar-refractivity contribution is -0.145. The van der Waals surface area contributed by atoms with Gasteiger partial charge in [0.1, 0.15) is 12.4 Å². The molecular formula is C23H36O5. The van der Waals surface area contributed by atoms with Gasteiger partial charge in [0.05, 0.1) is 13.7 Å². The summed E-state index contributed by atoms with van der Waals surface area (Å²) >= 11 is 0. The molecule has 0 fully saturated rings. The van der Waals surface area contributed by atoms with Crippen LogP contribution in [0.25, 0.3) is 0 Å². The van der Waals surface area contributed by atoms with Crippen LogP contribution in [0.4, 0.5) is 0 Å².